The Morgan fingerprint density at radius 1 is 1.50 bits per heavy atom. The van der Waals surface area contributed by atoms with Crippen molar-refractivity contribution >= 4 is 27.7 Å². The standard InChI is InChI=1S/C12H19BrN2S/c1-4-9(2)15-8-10(3)16-12-11(13)6-5-7-14-12/h5-7,9-10,15H,4,8H2,1-3H3. The molecule has 1 aromatic heterocycles. The second-order valence-electron chi connectivity index (χ2n) is 3.94. The zero-order valence-corrected chi connectivity index (χ0v) is 12.4. The monoisotopic (exact) mass is 302 g/mol. The van der Waals surface area contributed by atoms with Crippen LogP contribution in [0, 0.1) is 0 Å². The predicted octanol–water partition coefficient (Wildman–Crippen LogP) is 3.71. The molecule has 1 rings (SSSR count). The lowest BCUT2D eigenvalue weighted by molar-refractivity contribution is 0.536. The summed E-state index contributed by atoms with van der Waals surface area (Å²) in [7, 11) is 0. The van der Waals surface area contributed by atoms with Gasteiger partial charge in [-0.05, 0) is 41.4 Å². The average Bonchev–Trinajstić information content (AvgIpc) is 2.29. The highest BCUT2D eigenvalue weighted by molar-refractivity contribution is 9.10. The van der Waals surface area contributed by atoms with Crippen molar-refractivity contribution in [1.82, 2.24) is 10.3 Å². The quantitative estimate of drug-likeness (QED) is 0.811. The van der Waals surface area contributed by atoms with Crippen LogP contribution in [-0.4, -0.2) is 22.8 Å². The normalized spacial score (nSPS) is 14.8. The first-order valence-corrected chi connectivity index (χ1v) is 7.31. The Kier molecular flexibility index (Phi) is 6.39. The molecule has 0 amide bonds. The highest BCUT2D eigenvalue weighted by Crippen LogP contribution is 2.27. The van der Waals surface area contributed by atoms with Crippen molar-refractivity contribution in [3.05, 3.63) is 22.8 Å². The topological polar surface area (TPSA) is 24.9 Å². The number of hydrogen-bond acceptors (Lipinski definition) is 3. The SMILES string of the molecule is CCC(C)NCC(C)Sc1ncccc1Br. The fourth-order valence-corrected chi connectivity index (χ4v) is 2.60. The van der Waals surface area contributed by atoms with E-state index >= 15 is 0 Å². The summed E-state index contributed by atoms with van der Waals surface area (Å²) < 4.78 is 1.08. The number of pyridine rings is 1. The van der Waals surface area contributed by atoms with Crippen molar-refractivity contribution in [2.45, 2.75) is 43.5 Å². The highest BCUT2D eigenvalue weighted by atomic mass is 79.9. The number of nitrogens with one attached hydrogen (secondary N) is 1. The smallest absolute Gasteiger partial charge is 0.110 e. The van der Waals surface area contributed by atoms with Crippen molar-refractivity contribution in [1.29, 1.82) is 0 Å². The van der Waals surface area contributed by atoms with Gasteiger partial charge in [0, 0.05) is 28.5 Å². The van der Waals surface area contributed by atoms with Crippen LogP contribution in [0.15, 0.2) is 27.8 Å². The molecule has 2 atom stereocenters. The molecule has 0 saturated heterocycles. The van der Waals surface area contributed by atoms with Gasteiger partial charge in [-0.1, -0.05) is 13.8 Å². The number of nitrogens with zero attached hydrogens (tertiary/aromatic N) is 1. The summed E-state index contributed by atoms with van der Waals surface area (Å²) in [5.74, 6) is 0. The van der Waals surface area contributed by atoms with Gasteiger partial charge in [-0.2, -0.15) is 0 Å². The number of halogens is 1. The van der Waals surface area contributed by atoms with Gasteiger partial charge in [-0.25, -0.2) is 4.98 Å². The molecule has 1 aromatic rings. The molecule has 2 unspecified atom stereocenters. The molecule has 2 nitrogen and oxygen atoms in total. The average molecular weight is 303 g/mol. The van der Waals surface area contributed by atoms with Gasteiger partial charge < -0.3 is 5.32 Å². The summed E-state index contributed by atoms with van der Waals surface area (Å²) in [6.07, 6.45) is 3.01. The van der Waals surface area contributed by atoms with Crippen molar-refractivity contribution < 1.29 is 0 Å². The summed E-state index contributed by atoms with van der Waals surface area (Å²) >= 11 is 5.32. The van der Waals surface area contributed by atoms with Gasteiger partial charge in [-0.3, -0.25) is 0 Å². The number of rotatable bonds is 6. The molecular formula is C12H19BrN2S. The van der Waals surface area contributed by atoms with E-state index in [1.54, 1.807) is 11.8 Å². The van der Waals surface area contributed by atoms with E-state index in [-0.39, 0.29) is 0 Å². The molecule has 0 saturated carbocycles. The summed E-state index contributed by atoms with van der Waals surface area (Å²) in [6.45, 7) is 7.66. The molecule has 0 spiro atoms. The molecule has 0 aromatic carbocycles. The number of hydrogen-bond donors (Lipinski definition) is 1. The lowest BCUT2D eigenvalue weighted by Gasteiger charge is -2.16. The van der Waals surface area contributed by atoms with Gasteiger partial charge in [0.2, 0.25) is 0 Å². The second kappa shape index (κ2) is 7.30. The molecule has 0 radical (unpaired) electrons. The van der Waals surface area contributed by atoms with E-state index in [0.717, 1.165) is 16.0 Å². The molecule has 0 fully saturated rings. The molecule has 16 heavy (non-hydrogen) atoms. The molecule has 0 bridgehead atoms. The van der Waals surface area contributed by atoms with Crippen molar-refractivity contribution in [2.24, 2.45) is 0 Å². The van der Waals surface area contributed by atoms with E-state index in [9.17, 15) is 0 Å². The lowest BCUT2D eigenvalue weighted by atomic mass is 10.2. The van der Waals surface area contributed by atoms with E-state index in [0.29, 0.717) is 11.3 Å². The Labute approximate surface area is 111 Å². The van der Waals surface area contributed by atoms with Crippen molar-refractivity contribution in [3.63, 3.8) is 0 Å². The van der Waals surface area contributed by atoms with Crippen LogP contribution < -0.4 is 5.32 Å². The fourth-order valence-electron chi connectivity index (χ4n) is 1.20. The predicted molar refractivity (Wildman–Crippen MR) is 75.0 cm³/mol. The van der Waals surface area contributed by atoms with Gasteiger partial charge in [-0.15, -0.1) is 11.8 Å². The Morgan fingerprint density at radius 3 is 2.88 bits per heavy atom. The van der Waals surface area contributed by atoms with Crippen LogP contribution >= 0.6 is 27.7 Å². The maximum atomic E-state index is 4.35. The first-order valence-electron chi connectivity index (χ1n) is 5.64. The van der Waals surface area contributed by atoms with E-state index in [4.69, 9.17) is 0 Å². The molecule has 90 valence electrons. The van der Waals surface area contributed by atoms with Crippen molar-refractivity contribution in [3.8, 4) is 0 Å². The molecule has 1 heterocycles. The van der Waals surface area contributed by atoms with Crippen LogP contribution in [0.2, 0.25) is 0 Å². The Bertz CT molecular complexity index is 320. The van der Waals surface area contributed by atoms with Crippen LogP contribution in [0.25, 0.3) is 0 Å². The van der Waals surface area contributed by atoms with Gasteiger partial charge in [0.05, 0.1) is 0 Å². The maximum absolute atomic E-state index is 4.35. The van der Waals surface area contributed by atoms with Crippen LogP contribution in [0.3, 0.4) is 0 Å². The zero-order valence-electron chi connectivity index (χ0n) is 10.0. The summed E-state index contributed by atoms with van der Waals surface area (Å²) in [6, 6.07) is 4.57. The molecule has 0 aliphatic carbocycles. The zero-order chi connectivity index (χ0) is 12.0. The van der Waals surface area contributed by atoms with E-state index in [1.807, 2.05) is 18.3 Å². The van der Waals surface area contributed by atoms with E-state index in [1.165, 1.54) is 6.42 Å². The Hall–Kier alpha value is -0.0600. The van der Waals surface area contributed by atoms with Crippen LogP contribution in [0.4, 0.5) is 0 Å². The summed E-state index contributed by atoms with van der Waals surface area (Å²) in [4.78, 5) is 4.35. The Morgan fingerprint density at radius 2 is 2.25 bits per heavy atom. The van der Waals surface area contributed by atoms with Crippen LogP contribution in [0.5, 0.6) is 0 Å². The summed E-state index contributed by atoms with van der Waals surface area (Å²) in [5.41, 5.74) is 0. The van der Waals surface area contributed by atoms with E-state index in [2.05, 4.69) is 47.0 Å². The van der Waals surface area contributed by atoms with Gasteiger partial charge in [0.1, 0.15) is 5.03 Å². The van der Waals surface area contributed by atoms with Gasteiger partial charge >= 0.3 is 0 Å². The molecular weight excluding hydrogens is 284 g/mol. The van der Waals surface area contributed by atoms with Gasteiger partial charge in [0.15, 0.2) is 0 Å². The molecule has 0 aliphatic heterocycles. The van der Waals surface area contributed by atoms with E-state index < -0.39 is 0 Å². The fraction of sp³-hybridized carbons (Fsp3) is 0.583. The number of thioether (sulfide) groups is 1. The minimum absolute atomic E-state index is 0.528. The van der Waals surface area contributed by atoms with Crippen molar-refractivity contribution in [2.75, 3.05) is 6.54 Å². The largest absolute Gasteiger partial charge is 0.313 e. The number of aromatic nitrogens is 1. The third-order valence-corrected chi connectivity index (χ3v) is 4.42. The third-order valence-electron chi connectivity index (χ3n) is 2.40. The summed E-state index contributed by atoms with van der Waals surface area (Å²) in [5, 5.41) is 5.11. The highest BCUT2D eigenvalue weighted by Gasteiger charge is 2.09. The second-order valence-corrected chi connectivity index (χ2v) is 6.22. The minimum Gasteiger partial charge on any atom is -0.313 e. The lowest BCUT2D eigenvalue weighted by Crippen LogP contribution is -2.30. The van der Waals surface area contributed by atoms with Crippen LogP contribution in [0.1, 0.15) is 27.2 Å². The first kappa shape index (κ1) is 14.0. The van der Waals surface area contributed by atoms with Crippen LogP contribution in [-0.2, 0) is 0 Å². The first-order chi connectivity index (χ1) is 7.63. The molecule has 0 aliphatic rings. The molecule has 4 heteroatoms. The Balaban J connectivity index is 2.40. The maximum Gasteiger partial charge on any atom is 0.110 e. The minimum atomic E-state index is 0.528. The van der Waals surface area contributed by atoms with Gasteiger partial charge in [0.25, 0.3) is 0 Å². The molecule has 1 N–H and O–H groups in total. The third kappa shape index (κ3) is 4.85.